The van der Waals surface area contributed by atoms with E-state index in [1.54, 1.807) is 55.6 Å². The largest absolute Gasteiger partial charge is 0.497 e. The van der Waals surface area contributed by atoms with Gasteiger partial charge in [0.25, 0.3) is 0 Å². The van der Waals surface area contributed by atoms with Crippen LogP contribution in [0, 0.1) is 0 Å². The fraction of sp³-hybridized carbons (Fsp3) is 0.107. The average Bonchev–Trinajstić information content (AvgIpc) is 3.40. The standard InChI is InChI=1S/C28H23N3O8S/c1-36-21-4-2-3-19(15-21)25-17-24(30-31(25)20-7-10-23(11-8-20)40(29,34)35)28(33)38-14-13-37-22-9-5-18-6-12-27(32)39-26(18)16-22/h2-12,15-17H,13-14H2,1H3,(H2,29,34,35). The first-order chi connectivity index (χ1) is 19.2. The summed E-state index contributed by atoms with van der Waals surface area (Å²) in [7, 11) is -2.34. The SMILES string of the molecule is COc1cccc(-c2cc(C(=O)OCCOc3ccc4ccc(=O)oc4c3)nn2-c2ccc(S(N)(=O)=O)cc2)c1. The molecular formula is C28H23N3O8S. The third-order valence-electron chi connectivity index (χ3n) is 5.87. The van der Waals surface area contributed by atoms with Crippen molar-refractivity contribution in [2.24, 2.45) is 5.14 Å². The second-order valence-electron chi connectivity index (χ2n) is 8.54. The summed E-state index contributed by atoms with van der Waals surface area (Å²) >= 11 is 0. The summed E-state index contributed by atoms with van der Waals surface area (Å²) in [6.45, 7) is -0.0210. The van der Waals surface area contributed by atoms with E-state index < -0.39 is 21.6 Å². The summed E-state index contributed by atoms with van der Waals surface area (Å²) in [4.78, 5) is 24.3. The van der Waals surface area contributed by atoms with Crippen LogP contribution in [0.25, 0.3) is 27.9 Å². The lowest BCUT2D eigenvalue weighted by Crippen LogP contribution is -2.13. The quantitative estimate of drug-likeness (QED) is 0.162. The average molecular weight is 562 g/mol. The van der Waals surface area contributed by atoms with Gasteiger partial charge in [0.05, 0.1) is 23.4 Å². The van der Waals surface area contributed by atoms with Crippen molar-refractivity contribution in [2.75, 3.05) is 20.3 Å². The van der Waals surface area contributed by atoms with E-state index in [1.165, 1.54) is 35.0 Å². The molecule has 0 fully saturated rings. The Labute approximate surface area is 228 Å². The number of aromatic nitrogens is 2. The maximum absolute atomic E-state index is 12.9. The molecule has 40 heavy (non-hydrogen) atoms. The fourth-order valence-electron chi connectivity index (χ4n) is 3.94. The summed E-state index contributed by atoms with van der Waals surface area (Å²) in [6, 6.07) is 22.6. The van der Waals surface area contributed by atoms with Crippen LogP contribution in [0.1, 0.15) is 10.5 Å². The second kappa shape index (κ2) is 11.0. The molecule has 0 saturated heterocycles. The summed E-state index contributed by atoms with van der Waals surface area (Å²) in [5, 5.41) is 10.4. The van der Waals surface area contributed by atoms with Gasteiger partial charge in [-0.25, -0.2) is 27.8 Å². The summed E-state index contributed by atoms with van der Waals surface area (Å²) in [5.41, 5.74) is 1.69. The zero-order chi connectivity index (χ0) is 28.3. The minimum atomic E-state index is -3.88. The number of hydrogen-bond donors (Lipinski definition) is 1. The number of sulfonamides is 1. The van der Waals surface area contributed by atoms with E-state index in [4.69, 9.17) is 23.8 Å². The number of nitrogens with two attached hydrogens (primary N) is 1. The molecule has 0 spiro atoms. The fourth-order valence-corrected chi connectivity index (χ4v) is 4.46. The Balaban J connectivity index is 1.34. The summed E-state index contributed by atoms with van der Waals surface area (Å²) in [5.74, 6) is 0.367. The maximum Gasteiger partial charge on any atom is 0.358 e. The molecule has 0 bridgehead atoms. The van der Waals surface area contributed by atoms with Gasteiger partial charge in [0.1, 0.15) is 30.3 Å². The number of benzene rings is 3. The lowest BCUT2D eigenvalue weighted by atomic mass is 10.1. The van der Waals surface area contributed by atoms with Gasteiger partial charge >= 0.3 is 11.6 Å². The smallest absolute Gasteiger partial charge is 0.358 e. The Kier molecular flexibility index (Phi) is 7.36. The Morgan fingerprint density at radius 2 is 1.73 bits per heavy atom. The van der Waals surface area contributed by atoms with Crippen LogP contribution in [-0.2, 0) is 14.8 Å². The highest BCUT2D eigenvalue weighted by Gasteiger charge is 2.19. The molecule has 2 aromatic heterocycles. The number of hydrogen-bond acceptors (Lipinski definition) is 9. The van der Waals surface area contributed by atoms with Gasteiger partial charge in [-0.2, -0.15) is 5.10 Å². The van der Waals surface area contributed by atoms with Crippen LogP contribution < -0.4 is 20.2 Å². The van der Waals surface area contributed by atoms with Crippen LogP contribution in [0.15, 0.2) is 99.0 Å². The Hall–Kier alpha value is -4.94. The van der Waals surface area contributed by atoms with E-state index >= 15 is 0 Å². The highest BCUT2D eigenvalue weighted by Crippen LogP contribution is 2.28. The predicted molar refractivity (Wildman–Crippen MR) is 145 cm³/mol. The molecule has 0 amide bonds. The topological polar surface area (TPSA) is 153 Å². The number of esters is 1. The molecule has 2 N–H and O–H groups in total. The number of methoxy groups -OCH3 is 1. The van der Waals surface area contributed by atoms with Crippen molar-refractivity contribution in [1.29, 1.82) is 0 Å². The molecule has 11 nitrogen and oxygen atoms in total. The Bertz CT molecular complexity index is 1860. The molecule has 0 saturated carbocycles. The first kappa shape index (κ1) is 26.7. The molecule has 5 rings (SSSR count). The minimum Gasteiger partial charge on any atom is -0.497 e. The van der Waals surface area contributed by atoms with Crippen molar-refractivity contribution in [3.8, 4) is 28.4 Å². The summed E-state index contributed by atoms with van der Waals surface area (Å²) < 4.78 is 46.3. The monoisotopic (exact) mass is 561 g/mol. The van der Waals surface area contributed by atoms with Gasteiger partial charge in [-0.15, -0.1) is 0 Å². The van der Waals surface area contributed by atoms with Gasteiger partial charge in [0.2, 0.25) is 10.0 Å². The first-order valence-corrected chi connectivity index (χ1v) is 13.5. The van der Waals surface area contributed by atoms with E-state index in [2.05, 4.69) is 5.10 Å². The van der Waals surface area contributed by atoms with E-state index in [9.17, 15) is 18.0 Å². The molecule has 0 radical (unpaired) electrons. The van der Waals surface area contributed by atoms with E-state index in [0.29, 0.717) is 34.0 Å². The molecule has 0 aliphatic heterocycles. The predicted octanol–water partition coefficient (Wildman–Crippen LogP) is 3.54. The molecule has 5 aromatic rings. The van der Waals surface area contributed by atoms with Crippen molar-refractivity contribution >= 4 is 27.0 Å². The van der Waals surface area contributed by atoms with Crippen molar-refractivity contribution in [1.82, 2.24) is 9.78 Å². The molecule has 0 aliphatic carbocycles. The van der Waals surface area contributed by atoms with Gasteiger partial charge in [0, 0.05) is 23.1 Å². The van der Waals surface area contributed by atoms with Crippen LogP contribution in [0.2, 0.25) is 0 Å². The third-order valence-corrected chi connectivity index (χ3v) is 6.80. The zero-order valence-electron chi connectivity index (χ0n) is 21.1. The maximum atomic E-state index is 12.9. The summed E-state index contributed by atoms with van der Waals surface area (Å²) in [6.07, 6.45) is 0. The highest BCUT2D eigenvalue weighted by molar-refractivity contribution is 7.89. The molecular weight excluding hydrogens is 538 g/mol. The van der Waals surface area contributed by atoms with Crippen LogP contribution >= 0.6 is 0 Å². The van der Waals surface area contributed by atoms with Crippen LogP contribution in [0.3, 0.4) is 0 Å². The first-order valence-electron chi connectivity index (χ1n) is 11.9. The second-order valence-corrected chi connectivity index (χ2v) is 10.1. The van der Waals surface area contributed by atoms with Gasteiger partial charge in [-0.3, -0.25) is 0 Å². The van der Waals surface area contributed by atoms with Gasteiger partial charge in [0.15, 0.2) is 5.69 Å². The molecule has 0 atom stereocenters. The number of primary sulfonamides is 1. The van der Waals surface area contributed by atoms with Crippen molar-refractivity contribution in [3.63, 3.8) is 0 Å². The van der Waals surface area contributed by atoms with Crippen molar-refractivity contribution < 1.29 is 31.8 Å². The van der Waals surface area contributed by atoms with Crippen molar-refractivity contribution in [3.05, 3.63) is 101 Å². The molecule has 204 valence electrons. The van der Waals surface area contributed by atoms with E-state index in [-0.39, 0.29) is 23.8 Å². The number of nitrogens with zero attached hydrogens (tertiary/aromatic N) is 2. The lowest BCUT2D eigenvalue weighted by Gasteiger charge is -2.09. The highest BCUT2D eigenvalue weighted by atomic mass is 32.2. The molecule has 0 aliphatic rings. The molecule has 0 unspecified atom stereocenters. The third kappa shape index (κ3) is 5.87. The van der Waals surface area contributed by atoms with Gasteiger partial charge < -0.3 is 18.6 Å². The normalized spacial score (nSPS) is 11.3. The van der Waals surface area contributed by atoms with Crippen LogP contribution in [0.4, 0.5) is 0 Å². The Morgan fingerprint density at radius 3 is 2.48 bits per heavy atom. The lowest BCUT2D eigenvalue weighted by molar-refractivity contribution is 0.0443. The van der Waals surface area contributed by atoms with Gasteiger partial charge in [-0.1, -0.05) is 12.1 Å². The number of fused-ring (bicyclic) bond motifs is 1. The Morgan fingerprint density at radius 1 is 0.950 bits per heavy atom. The molecule has 2 heterocycles. The van der Waals surface area contributed by atoms with E-state index in [1.807, 2.05) is 6.07 Å². The van der Waals surface area contributed by atoms with Crippen molar-refractivity contribution in [2.45, 2.75) is 4.90 Å². The van der Waals surface area contributed by atoms with Crippen LogP contribution in [0.5, 0.6) is 11.5 Å². The minimum absolute atomic E-state index is 0.0285. The van der Waals surface area contributed by atoms with Crippen LogP contribution in [-0.4, -0.2) is 44.5 Å². The number of rotatable bonds is 9. The number of ether oxygens (including phenoxy) is 3. The van der Waals surface area contributed by atoms with E-state index in [0.717, 1.165) is 5.39 Å². The number of carbonyl (C=O) groups is 1. The molecule has 3 aromatic carbocycles. The molecule has 12 heteroatoms. The number of carbonyl (C=O) groups excluding carboxylic acids is 1. The zero-order valence-corrected chi connectivity index (χ0v) is 22.0. The van der Waals surface area contributed by atoms with Gasteiger partial charge in [-0.05, 0) is 60.7 Å².